The maximum absolute atomic E-state index is 13.5. The van der Waals surface area contributed by atoms with Crippen molar-refractivity contribution >= 4 is 31.6 Å². The number of sulfonamides is 2. The van der Waals surface area contributed by atoms with Crippen LogP contribution >= 0.6 is 0 Å². The molecule has 0 saturated carbocycles. The van der Waals surface area contributed by atoms with E-state index in [1.807, 2.05) is 0 Å². The third-order valence-corrected chi connectivity index (χ3v) is 8.38. The molecule has 0 spiro atoms. The van der Waals surface area contributed by atoms with E-state index < -0.39 is 20.0 Å². The summed E-state index contributed by atoms with van der Waals surface area (Å²) < 4.78 is 59.6. The Morgan fingerprint density at radius 3 is 2.15 bits per heavy atom. The number of hydrogen-bond acceptors (Lipinski definition) is 6. The second kappa shape index (κ2) is 9.87. The van der Waals surface area contributed by atoms with Gasteiger partial charge in [-0.2, -0.15) is 4.31 Å². The third-order valence-electron chi connectivity index (χ3n) is 4.76. The van der Waals surface area contributed by atoms with Gasteiger partial charge in [-0.25, -0.2) is 21.1 Å². The van der Waals surface area contributed by atoms with Gasteiger partial charge >= 0.3 is 0 Å². The highest BCUT2D eigenvalue weighted by molar-refractivity contribution is 7.89. The molecule has 3 aromatic rings. The largest absolute Gasteiger partial charge is 0.468 e. The number of furan rings is 1. The van der Waals surface area contributed by atoms with E-state index in [-0.39, 0.29) is 28.8 Å². The Morgan fingerprint density at radius 1 is 0.879 bits per heavy atom. The summed E-state index contributed by atoms with van der Waals surface area (Å²) in [7, 11) is -4.80. The zero-order chi connectivity index (χ0) is 24.2. The Balaban J connectivity index is 1.96. The molecule has 176 valence electrons. The van der Waals surface area contributed by atoms with Gasteiger partial charge in [0.1, 0.15) is 5.76 Å². The van der Waals surface area contributed by atoms with Gasteiger partial charge in [-0.3, -0.25) is 4.79 Å². The van der Waals surface area contributed by atoms with E-state index in [0.717, 1.165) is 4.31 Å². The van der Waals surface area contributed by atoms with Gasteiger partial charge in [0.25, 0.3) is 0 Å². The summed E-state index contributed by atoms with van der Waals surface area (Å²) in [5.41, 5.74) is 0.976. The van der Waals surface area contributed by atoms with Crippen LogP contribution in [0.5, 0.6) is 0 Å². The van der Waals surface area contributed by atoms with Gasteiger partial charge in [-0.15, -0.1) is 0 Å². The molecule has 0 aliphatic carbocycles. The van der Waals surface area contributed by atoms with Crippen molar-refractivity contribution in [1.82, 2.24) is 8.61 Å². The maximum atomic E-state index is 13.5. The lowest BCUT2D eigenvalue weighted by atomic mass is 10.2. The fraction of sp³-hybridized carbons (Fsp3) is 0.227. The Hall–Kier alpha value is -2.99. The van der Waals surface area contributed by atoms with E-state index in [4.69, 9.17) is 4.42 Å². The van der Waals surface area contributed by atoms with Crippen molar-refractivity contribution in [2.24, 2.45) is 0 Å². The highest BCUT2D eigenvalue weighted by Crippen LogP contribution is 2.24. The first kappa shape index (κ1) is 24.6. The number of anilines is 1. The molecule has 9 nitrogen and oxygen atoms in total. The predicted molar refractivity (Wildman–Crippen MR) is 123 cm³/mol. The van der Waals surface area contributed by atoms with Crippen LogP contribution in [0.25, 0.3) is 0 Å². The number of rotatable bonds is 9. The fourth-order valence-electron chi connectivity index (χ4n) is 3.08. The minimum absolute atomic E-state index is 0.0280. The van der Waals surface area contributed by atoms with Gasteiger partial charge in [-0.1, -0.05) is 12.1 Å². The van der Waals surface area contributed by atoms with Crippen LogP contribution in [0.4, 0.5) is 5.69 Å². The number of nitrogens with one attached hydrogen (secondary N) is 1. The van der Waals surface area contributed by atoms with Crippen molar-refractivity contribution in [3.05, 3.63) is 78.3 Å². The Kier molecular flexibility index (Phi) is 7.38. The lowest BCUT2D eigenvalue weighted by Crippen LogP contribution is -2.30. The van der Waals surface area contributed by atoms with Gasteiger partial charge in [0.2, 0.25) is 26.0 Å². The lowest BCUT2D eigenvalue weighted by molar-refractivity contribution is -0.114. The van der Waals surface area contributed by atoms with E-state index in [1.165, 1.54) is 68.0 Å². The molecule has 0 atom stereocenters. The molecule has 0 bridgehead atoms. The van der Waals surface area contributed by atoms with Crippen LogP contribution in [-0.4, -0.2) is 45.4 Å². The average molecular weight is 492 g/mol. The zero-order valence-corrected chi connectivity index (χ0v) is 20.1. The first-order valence-electron chi connectivity index (χ1n) is 9.92. The van der Waals surface area contributed by atoms with Crippen LogP contribution in [0.15, 0.2) is 81.1 Å². The summed E-state index contributed by atoms with van der Waals surface area (Å²) in [5, 5.41) is 2.60. The second-order valence-electron chi connectivity index (χ2n) is 7.49. The molecule has 1 aromatic heterocycles. The number of carbonyl (C=O) groups is 1. The predicted octanol–water partition coefficient (Wildman–Crippen LogP) is 2.88. The van der Waals surface area contributed by atoms with E-state index in [9.17, 15) is 21.6 Å². The van der Waals surface area contributed by atoms with Crippen molar-refractivity contribution < 1.29 is 26.0 Å². The molecule has 0 radical (unpaired) electrons. The Labute approximate surface area is 193 Å². The molecular formula is C22H25N3O6S2. The summed E-state index contributed by atoms with van der Waals surface area (Å²) in [6.07, 6.45) is 1.45. The molecule has 0 aliphatic rings. The Bertz CT molecular complexity index is 1320. The van der Waals surface area contributed by atoms with Crippen LogP contribution in [0.2, 0.25) is 0 Å². The molecule has 1 N–H and O–H groups in total. The minimum atomic E-state index is -3.98. The van der Waals surface area contributed by atoms with Crippen molar-refractivity contribution in [3.63, 3.8) is 0 Å². The summed E-state index contributed by atoms with van der Waals surface area (Å²) in [4.78, 5) is 11.3. The number of benzene rings is 2. The van der Waals surface area contributed by atoms with Gasteiger partial charge in [0, 0.05) is 33.3 Å². The fourth-order valence-corrected chi connectivity index (χ4v) is 5.45. The first-order valence-corrected chi connectivity index (χ1v) is 12.8. The average Bonchev–Trinajstić information content (AvgIpc) is 3.26. The van der Waals surface area contributed by atoms with Crippen LogP contribution in [0, 0.1) is 0 Å². The standard InChI is InChI=1S/C22H25N3O6S2/c1-17(26)23-19-9-11-21(12-10-19)33(29,30)25(16-20-7-5-13-31-20)15-18-6-4-8-22(14-18)32(27,28)24(2)3/h4-14H,15-16H2,1-3H3,(H,23,26). The number of amides is 1. The summed E-state index contributed by atoms with van der Waals surface area (Å²) >= 11 is 0. The molecule has 2 aromatic carbocycles. The zero-order valence-electron chi connectivity index (χ0n) is 18.4. The monoisotopic (exact) mass is 491 g/mol. The van der Waals surface area contributed by atoms with Crippen molar-refractivity contribution in [1.29, 1.82) is 0 Å². The van der Waals surface area contributed by atoms with E-state index in [0.29, 0.717) is 17.0 Å². The number of hydrogen-bond donors (Lipinski definition) is 1. The topological polar surface area (TPSA) is 117 Å². The second-order valence-corrected chi connectivity index (χ2v) is 11.6. The molecule has 0 aliphatic heterocycles. The smallest absolute Gasteiger partial charge is 0.243 e. The van der Waals surface area contributed by atoms with Crippen LogP contribution in [0.3, 0.4) is 0 Å². The molecule has 0 fully saturated rings. The number of nitrogens with zero attached hydrogens (tertiary/aromatic N) is 2. The van der Waals surface area contributed by atoms with Crippen LogP contribution < -0.4 is 5.32 Å². The van der Waals surface area contributed by atoms with Gasteiger partial charge in [0.15, 0.2) is 0 Å². The maximum Gasteiger partial charge on any atom is 0.243 e. The molecule has 0 saturated heterocycles. The highest BCUT2D eigenvalue weighted by Gasteiger charge is 2.27. The van der Waals surface area contributed by atoms with Gasteiger partial charge in [-0.05, 0) is 54.1 Å². The molecule has 0 unspecified atom stereocenters. The minimum Gasteiger partial charge on any atom is -0.468 e. The third kappa shape index (κ3) is 5.88. The van der Waals surface area contributed by atoms with Crippen molar-refractivity contribution in [3.8, 4) is 0 Å². The Morgan fingerprint density at radius 2 is 1.58 bits per heavy atom. The molecule has 1 heterocycles. The quantitative estimate of drug-likeness (QED) is 0.492. The molecular weight excluding hydrogens is 466 g/mol. The van der Waals surface area contributed by atoms with Crippen molar-refractivity contribution in [2.45, 2.75) is 29.8 Å². The molecule has 33 heavy (non-hydrogen) atoms. The van der Waals surface area contributed by atoms with E-state index in [2.05, 4.69) is 5.32 Å². The molecule has 3 rings (SSSR count). The lowest BCUT2D eigenvalue weighted by Gasteiger charge is -2.22. The van der Waals surface area contributed by atoms with Gasteiger partial charge in [0.05, 0.1) is 22.6 Å². The van der Waals surface area contributed by atoms with E-state index >= 15 is 0 Å². The van der Waals surface area contributed by atoms with Gasteiger partial charge < -0.3 is 9.73 Å². The van der Waals surface area contributed by atoms with E-state index in [1.54, 1.807) is 24.3 Å². The molecule has 11 heteroatoms. The summed E-state index contributed by atoms with van der Waals surface area (Å²) in [6, 6.07) is 15.3. The first-order chi connectivity index (χ1) is 15.5. The molecule has 1 amide bonds. The highest BCUT2D eigenvalue weighted by atomic mass is 32.2. The normalized spacial score (nSPS) is 12.3. The van der Waals surface area contributed by atoms with Crippen LogP contribution in [-0.2, 0) is 37.9 Å². The summed E-state index contributed by atoms with van der Waals surface area (Å²) in [6.45, 7) is 1.24. The SMILES string of the molecule is CC(=O)Nc1ccc(S(=O)(=O)N(Cc2cccc(S(=O)(=O)N(C)C)c2)Cc2ccco2)cc1. The van der Waals surface area contributed by atoms with Crippen LogP contribution in [0.1, 0.15) is 18.2 Å². The summed E-state index contributed by atoms with van der Waals surface area (Å²) in [5.74, 6) is 0.170. The van der Waals surface area contributed by atoms with Crippen molar-refractivity contribution in [2.75, 3.05) is 19.4 Å². The number of carbonyl (C=O) groups excluding carboxylic acids is 1.